The van der Waals surface area contributed by atoms with Crippen molar-refractivity contribution in [1.82, 2.24) is 5.32 Å². The lowest BCUT2D eigenvalue weighted by Crippen LogP contribution is -2.44. The van der Waals surface area contributed by atoms with Gasteiger partial charge in [0.2, 0.25) is 0 Å². The maximum Gasteiger partial charge on any atom is 0.340 e. The Labute approximate surface area is 161 Å². The van der Waals surface area contributed by atoms with Crippen LogP contribution in [0.5, 0.6) is 0 Å². The summed E-state index contributed by atoms with van der Waals surface area (Å²) in [7, 11) is 1.23. The number of amides is 1. The predicted octanol–water partition coefficient (Wildman–Crippen LogP) is 1.98. The van der Waals surface area contributed by atoms with Gasteiger partial charge in [-0.1, -0.05) is 41.9 Å². The molecule has 0 aliphatic heterocycles. The lowest BCUT2D eigenvalue weighted by atomic mass is 10.1. The number of esters is 2. The van der Waals surface area contributed by atoms with Gasteiger partial charge in [-0.2, -0.15) is 0 Å². The van der Waals surface area contributed by atoms with Gasteiger partial charge in [0.15, 0.2) is 6.61 Å². The number of carbonyl (C=O) groups is 3. The standard InChI is InChI=1S/C19H19ClN2O5/c1-26-19(25)16(9-12-5-3-2-4-6-12)22-17(23)11-27-18(24)14-8-7-13(20)10-15(14)21/h2-8,10,16H,9,11,21H2,1H3,(H,22,23). The second-order valence-electron chi connectivity index (χ2n) is 5.64. The monoisotopic (exact) mass is 390 g/mol. The van der Waals surface area contributed by atoms with Crippen molar-refractivity contribution in [3.8, 4) is 0 Å². The van der Waals surface area contributed by atoms with Crippen LogP contribution in [0.2, 0.25) is 5.02 Å². The van der Waals surface area contributed by atoms with Gasteiger partial charge in [0, 0.05) is 17.1 Å². The molecule has 0 radical (unpaired) electrons. The molecule has 142 valence electrons. The molecule has 0 spiro atoms. The summed E-state index contributed by atoms with van der Waals surface area (Å²) in [6.07, 6.45) is 0.247. The minimum Gasteiger partial charge on any atom is -0.467 e. The molecule has 2 aromatic carbocycles. The van der Waals surface area contributed by atoms with Crippen LogP contribution in [0.25, 0.3) is 0 Å². The van der Waals surface area contributed by atoms with E-state index >= 15 is 0 Å². The Morgan fingerprint density at radius 1 is 1.15 bits per heavy atom. The molecule has 0 aliphatic rings. The zero-order valence-corrected chi connectivity index (χ0v) is 15.4. The van der Waals surface area contributed by atoms with E-state index in [1.54, 1.807) is 0 Å². The molecule has 0 saturated carbocycles. The highest BCUT2D eigenvalue weighted by atomic mass is 35.5. The number of carbonyl (C=O) groups excluding carboxylic acids is 3. The van der Waals surface area contributed by atoms with Gasteiger partial charge in [0.05, 0.1) is 12.7 Å². The minimum absolute atomic E-state index is 0.0982. The summed E-state index contributed by atoms with van der Waals surface area (Å²) in [6, 6.07) is 12.5. The van der Waals surface area contributed by atoms with Gasteiger partial charge in [-0.3, -0.25) is 4.79 Å². The lowest BCUT2D eigenvalue weighted by molar-refractivity contribution is -0.145. The fourth-order valence-corrected chi connectivity index (χ4v) is 2.53. The number of nitrogens with two attached hydrogens (primary N) is 1. The molecule has 0 fully saturated rings. The Bertz CT molecular complexity index is 826. The maximum absolute atomic E-state index is 12.1. The fourth-order valence-electron chi connectivity index (χ4n) is 2.35. The Morgan fingerprint density at radius 3 is 2.48 bits per heavy atom. The van der Waals surface area contributed by atoms with Crippen molar-refractivity contribution in [3.63, 3.8) is 0 Å². The SMILES string of the molecule is COC(=O)C(Cc1ccccc1)NC(=O)COC(=O)c1ccc(Cl)cc1N. The summed E-state index contributed by atoms with van der Waals surface area (Å²) in [6.45, 7) is -0.566. The molecule has 0 heterocycles. The average Bonchev–Trinajstić information content (AvgIpc) is 2.65. The Balaban J connectivity index is 1.94. The first-order valence-electron chi connectivity index (χ1n) is 8.04. The lowest BCUT2D eigenvalue weighted by Gasteiger charge is -2.16. The number of benzene rings is 2. The second kappa shape index (κ2) is 9.59. The van der Waals surface area contributed by atoms with Gasteiger partial charge in [0.1, 0.15) is 6.04 Å². The van der Waals surface area contributed by atoms with Crippen LogP contribution >= 0.6 is 11.6 Å². The van der Waals surface area contributed by atoms with E-state index in [4.69, 9.17) is 26.8 Å². The largest absolute Gasteiger partial charge is 0.467 e. The molecule has 0 saturated heterocycles. The Kier molecular flexibility index (Phi) is 7.19. The topological polar surface area (TPSA) is 108 Å². The third kappa shape index (κ3) is 6.00. The molecule has 2 rings (SSSR count). The highest BCUT2D eigenvalue weighted by Gasteiger charge is 2.23. The molecular weight excluding hydrogens is 372 g/mol. The van der Waals surface area contributed by atoms with E-state index in [2.05, 4.69) is 5.32 Å². The number of ether oxygens (including phenoxy) is 2. The van der Waals surface area contributed by atoms with Crippen molar-refractivity contribution in [2.45, 2.75) is 12.5 Å². The van der Waals surface area contributed by atoms with Gasteiger partial charge in [0.25, 0.3) is 5.91 Å². The van der Waals surface area contributed by atoms with E-state index in [-0.39, 0.29) is 17.7 Å². The number of halogens is 1. The number of nitrogen functional groups attached to an aromatic ring is 1. The van der Waals surface area contributed by atoms with Crippen LogP contribution in [0, 0.1) is 0 Å². The molecule has 0 aromatic heterocycles. The van der Waals surface area contributed by atoms with E-state index in [0.29, 0.717) is 5.02 Å². The summed E-state index contributed by atoms with van der Waals surface area (Å²) < 4.78 is 9.67. The Morgan fingerprint density at radius 2 is 1.85 bits per heavy atom. The highest BCUT2D eigenvalue weighted by Crippen LogP contribution is 2.18. The zero-order chi connectivity index (χ0) is 19.8. The molecule has 0 bridgehead atoms. The summed E-state index contributed by atoms with van der Waals surface area (Å²) in [5.41, 5.74) is 6.79. The molecule has 3 N–H and O–H groups in total. The third-order valence-corrected chi connectivity index (χ3v) is 3.91. The molecule has 2 aromatic rings. The van der Waals surface area contributed by atoms with Crippen LogP contribution in [0.4, 0.5) is 5.69 Å². The number of methoxy groups -OCH3 is 1. The Hall–Kier alpha value is -3.06. The molecule has 27 heavy (non-hydrogen) atoms. The first-order valence-corrected chi connectivity index (χ1v) is 8.41. The van der Waals surface area contributed by atoms with Crippen molar-refractivity contribution in [2.24, 2.45) is 0 Å². The molecule has 1 amide bonds. The van der Waals surface area contributed by atoms with E-state index in [9.17, 15) is 14.4 Å². The van der Waals surface area contributed by atoms with Crippen molar-refractivity contribution in [2.75, 3.05) is 19.5 Å². The highest BCUT2D eigenvalue weighted by molar-refractivity contribution is 6.31. The minimum atomic E-state index is -0.899. The first kappa shape index (κ1) is 20.3. The molecule has 1 unspecified atom stereocenters. The average molecular weight is 391 g/mol. The number of hydrogen-bond donors (Lipinski definition) is 2. The van der Waals surface area contributed by atoms with Crippen molar-refractivity contribution < 1.29 is 23.9 Å². The van der Waals surface area contributed by atoms with Crippen LogP contribution in [0.3, 0.4) is 0 Å². The summed E-state index contributed by atoms with van der Waals surface area (Å²) >= 11 is 5.78. The summed E-state index contributed by atoms with van der Waals surface area (Å²) in [4.78, 5) is 36.0. The maximum atomic E-state index is 12.1. The van der Waals surface area contributed by atoms with Crippen LogP contribution < -0.4 is 11.1 Å². The van der Waals surface area contributed by atoms with Gasteiger partial charge >= 0.3 is 11.9 Å². The van der Waals surface area contributed by atoms with E-state index < -0.39 is 30.5 Å². The van der Waals surface area contributed by atoms with E-state index in [1.165, 1.54) is 25.3 Å². The van der Waals surface area contributed by atoms with Gasteiger partial charge in [-0.15, -0.1) is 0 Å². The number of anilines is 1. The van der Waals surface area contributed by atoms with Crippen LogP contribution in [-0.2, 0) is 25.5 Å². The molecule has 0 aliphatic carbocycles. The fraction of sp³-hybridized carbons (Fsp3) is 0.211. The first-order chi connectivity index (χ1) is 12.9. The number of rotatable bonds is 7. The molecule has 8 heteroatoms. The smallest absolute Gasteiger partial charge is 0.340 e. The zero-order valence-electron chi connectivity index (χ0n) is 14.6. The normalized spacial score (nSPS) is 11.3. The molecule has 1 atom stereocenters. The third-order valence-electron chi connectivity index (χ3n) is 3.67. The molecular formula is C19H19ClN2O5. The summed E-state index contributed by atoms with van der Waals surface area (Å²) in [5.74, 6) is -2.00. The van der Waals surface area contributed by atoms with E-state index in [1.807, 2.05) is 30.3 Å². The van der Waals surface area contributed by atoms with Gasteiger partial charge < -0.3 is 20.5 Å². The van der Waals surface area contributed by atoms with Crippen molar-refractivity contribution in [1.29, 1.82) is 0 Å². The van der Waals surface area contributed by atoms with Crippen molar-refractivity contribution in [3.05, 3.63) is 64.7 Å². The van der Waals surface area contributed by atoms with Crippen LogP contribution in [0.15, 0.2) is 48.5 Å². The number of nitrogens with one attached hydrogen (secondary N) is 1. The van der Waals surface area contributed by atoms with Crippen LogP contribution in [-0.4, -0.2) is 37.6 Å². The van der Waals surface area contributed by atoms with Crippen LogP contribution in [0.1, 0.15) is 15.9 Å². The molecule has 7 nitrogen and oxygen atoms in total. The predicted molar refractivity (Wildman–Crippen MR) is 100 cm³/mol. The second-order valence-corrected chi connectivity index (χ2v) is 6.08. The van der Waals surface area contributed by atoms with Crippen molar-refractivity contribution >= 4 is 35.1 Å². The van der Waals surface area contributed by atoms with E-state index in [0.717, 1.165) is 5.56 Å². The summed E-state index contributed by atoms with van der Waals surface area (Å²) in [5, 5.41) is 2.88. The van der Waals surface area contributed by atoms with Gasteiger partial charge in [-0.25, -0.2) is 9.59 Å². The quantitative estimate of drug-likeness (QED) is 0.553. The number of hydrogen-bond acceptors (Lipinski definition) is 6. The van der Waals surface area contributed by atoms with Gasteiger partial charge in [-0.05, 0) is 23.8 Å².